The van der Waals surface area contributed by atoms with Gasteiger partial charge in [0.1, 0.15) is 0 Å². The SMILES string of the molecule is CC(Nc1ccc2nccnc2c1)c1cccs1. The van der Waals surface area contributed by atoms with E-state index in [0.717, 1.165) is 16.7 Å². The molecule has 1 aromatic carbocycles. The van der Waals surface area contributed by atoms with E-state index in [4.69, 9.17) is 0 Å². The van der Waals surface area contributed by atoms with Gasteiger partial charge in [-0.25, -0.2) is 0 Å². The van der Waals surface area contributed by atoms with E-state index in [1.54, 1.807) is 23.7 Å². The first-order chi connectivity index (χ1) is 8.83. The molecule has 0 radical (unpaired) electrons. The number of aromatic nitrogens is 2. The van der Waals surface area contributed by atoms with Crippen LogP contribution in [0.5, 0.6) is 0 Å². The second-order valence-corrected chi connectivity index (χ2v) is 5.12. The van der Waals surface area contributed by atoms with Gasteiger partial charge in [0.15, 0.2) is 0 Å². The van der Waals surface area contributed by atoms with Crippen molar-refractivity contribution in [2.75, 3.05) is 5.32 Å². The summed E-state index contributed by atoms with van der Waals surface area (Å²) in [4.78, 5) is 9.90. The van der Waals surface area contributed by atoms with Crippen LogP contribution in [0.4, 0.5) is 5.69 Å². The van der Waals surface area contributed by atoms with Crippen molar-refractivity contribution in [1.82, 2.24) is 9.97 Å². The fourth-order valence-corrected chi connectivity index (χ4v) is 2.65. The van der Waals surface area contributed by atoms with Crippen LogP contribution in [0.3, 0.4) is 0 Å². The third-order valence-electron chi connectivity index (χ3n) is 2.82. The van der Waals surface area contributed by atoms with Crippen molar-refractivity contribution in [3.63, 3.8) is 0 Å². The Balaban J connectivity index is 1.86. The van der Waals surface area contributed by atoms with E-state index in [1.807, 2.05) is 18.2 Å². The van der Waals surface area contributed by atoms with Gasteiger partial charge >= 0.3 is 0 Å². The quantitative estimate of drug-likeness (QED) is 0.772. The van der Waals surface area contributed by atoms with Crippen LogP contribution < -0.4 is 5.32 Å². The average molecular weight is 255 g/mol. The van der Waals surface area contributed by atoms with Crippen LogP contribution in [0.25, 0.3) is 11.0 Å². The molecule has 1 unspecified atom stereocenters. The zero-order valence-electron chi connectivity index (χ0n) is 10.00. The van der Waals surface area contributed by atoms with E-state index < -0.39 is 0 Å². The molecule has 90 valence electrons. The Labute approximate surface area is 110 Å². The molecule has 0 amide bonds. The van der Waals surface area contributed by atoms with Crippen molar-refractivity contribution in [2.45, 2.75) is 13.0 Å². The maximum Gasteiger partial charge on any atom is 0.0907 e. The lowest BCUT2D eigenvalue weighted by atomic mass is 10.2. The molecule has 3 rings (SSSR count). The zero-order chi connectivity index (χ0) is 12.4. The molecule has 18 heavy (non-hydrogen) atoms. The summed E-state index contributed by atoms with van der Waals surface area (Å²) in [5.41, 5.74) is 2.91. The number of anilines is 1. The van der Waals surface area contributed by atoms with Gasteiger partial charge in [-0.1, -0.05) is 6.07 Å². The number of rotatable bonds is 3. The fourth-order valence-electron chi connectivity index (χ4n) is 1.91. The van der Waals surface area contributed by atoms with Gasteiger partial charge in [-0.05, 0) is 36.6 Å². The summed E-state index contributed by atoms with van der Waals surface area (Å²) in [5, 5.41) is 5.58. The maximum atomic E-state index is 4.31. The van der Waals surface area contributed by atoms with E-state index in [0.29, 0.717) is 6.04 Å². The summed E-state index contributed by atoms with van der Waals surface area (Å²) >= 11 is 1.76. The van der Waals surface area contributed by atoms with Gasteiger partial charge in [-0.2, -0.15) is 0 Å². The Morgan fingerprint density at radius 1 is 1.11 bits per heavy atom. The summed E-state index contributed by atoms with van der Waals surface area (Å²) in [7, 11) is 0. The predicted molar refractivity (Wildman–Crippen MR) is 75.9 cm³/mol. The van der Waals surface area contributed by atoms with Gasteiger partial charge < -0.3 is 5.32 Å². The number of fused-ring (bicyclic) bond motifs is 1. The van der Waals surface area contributed by atoms with E-state index in [-0.39, 0.29) is 0 Å². The molecule has 0 spiro atoms. The smallest absolute Gasteiger partial charge is 0.0907 e. The molecule has 0 fully saturated rings. The molecular weight excluding hydrogens is 242 g/mol. The highest BCUT2D eigenvalue weighted by Gasteiger charge is 2.06. The van der Waals surface area contributed by atoms with E-state index in [9.17, 15) is 0 Å². The van der Waals surface area contributed by atoms with Crippen LogP contribution in [0.2, 0.25) is 0 Å². The second-order valence-electron chi connectivity index (χ2n) is 4.14. The molecule has 0 aliphatic heterocycles. The maximum absolute atomic E-state index is 4.31. The highest BCUT2D eigenvalue weighted by atomic mass is 32.1. The molecule has 0 aliphatic rings. The topological polar surface area (TPSA) is 37.8 Å². The molecule has 0 bridgehead atoms. The van der Waals surface area contributed by atoms with Crippen LogP contribution in [0.15, 0.2) is 48.1 Å². The first-order valence-corrected chi connectivity index (χ1v) is 6.71. The van der Waals surface area contributed by atoms with Crippen LogP contribution >= 0.6 is 11.3 Å². The lowest BCUT2D eigenvalue weighted by Gasteiger charge is -2.13. The largest absolute Gasteiger partial charge is 0.378 e. The van der Waals surface area contributed by atoms with E-state index in [1.165, 1.54) is 4.88 Å². The summed E-state index contributed by atoms with van der Waals surface area (Å²) in [6, 6.07) is 10.6. The molecule has 0 aliphatic carbocycles. The van der Waals surface area contributed by atoms with Gasteiger partial charge in [0.2, 0.25) is 0 Å². The van der Waals surface area contributed by atoms with E-state index in [2.05, 4.69) is 39.7 Å². The van der Waals surface area contributed by atoms with Crippen molar-refractivity contribution in [1.29, 1.82) is 0 Å². The van der Waals surface area contributed by atoms with Crippen molar-refractivity contribution in [3.05, 3.63) is 53.0 Å². The van der Waals surface area contributed by atoms with Crippen LogP contribution in [0, 0.1) is 0 Å². The Morgan fingerprint density at radius 3 is 2.72 bits per heavy atom. The third-order valence-corrected chi connectivity index (χ3v) is 3.88. The number of benzene rings is 1. The third kappa shape index (κ3) is 2.19. The normalized spacial score (nSPS) is 12.5. The van der Waals surface area contributed by atoms with Gasteiger partial charge in [-0.15, -0.1) is 11.3 Å². The van der Waals surface area contributed by atoms with Gasteiger partial charge in [0, 0.05) is 23.0 Å². The first kappa shape index (κ1) is 11.2. The predicted octanol–water partition coefficient (Wildman–Crippen LogP) is 3.86. The van der Waals surface area contributed by atoms with E-state index >= 15 is 0 Å². The van der Waals surface area contributed by atoms with Gasteiger partial charge in [0.05, 0.1) is 17.1 Å². The zero-order valence-corrected chi connectivity index (χ0v) is 10.8. The molecule has 0 saturated carbocycles. The molecule has 3 aromatic rings. The Bertz CT molecular complexity index is 649. The average Bonchev–Trinajstić information content (AvgIpc) is 2.92. The summed E-state index contributed by atoms with van der Waals surface area (Å²) in [6.45, 7) is 2.16. The second kappa shape index (κ2) is 4.74. The van der Waals surface area contributed by atoms with Gasteiger partial charge in [-0.3, -0.25) is 9.97 Å². The fraction of sp³-hybridized carbons (Fsp3) is 0.143. The van der Waals surface area contributed by atoms with Crippen LogP contribution in [0.1, 0.15) is 17.8 Å². The standard InChI is InChI=1S/C14H13N3S/c1-10(14-3-2-8-18-14)17-11-4-5-12-13(9-11)16-7-6-15-12/h2-10,17H,1H3. The van der Waals surface area contributed by atoms with Crippen LogP contribution in [-0.4, -0.2) is 9.97 Å². The molecule has 2 aromatic heterocycles. The highest BCUT2D eigenvalue weighted by molar-refractivity contribution is 7.10. The number of nitrogens with one attached hydrogen (secondary N) is 1. The lowest BCUT2D eigenvalue weighted by molar-refractivity contribution is 0.908. The van der Waals surface area contributed by atoms with Crippen molar-refractivity contribution < 1.29 is 0 Å². The Hall–Kier alpha value is -1.94. The van der Waals surface area contributed by atoms with Gasteiger partial charge in [0.25, 0.3) is 0 Å². The molecular formula is C14H13N3S. The molecule has 3 nitrogen and oxygen atoms in total. The monoisotopic (exact) mass is 255 g/mol. The number of hydrogen-bond donors (Lipinski definition) is 1. The molecule has 2 heterocycles. The van der Waals surface area contributed by atoms with Crippen molar-refractivity contribution in [3.8, 4) is 0 Å². The molecule has 0 saturated heterocycles. The summed E-state index contributed by atoms with van der Waals surface area (Å²) in [5.74, 6) is 0. The minimum absolute atomic E-state index is 0.305. The molecule has 4 heteroatoms. The number of thiophene rings is 1. The van der Waals surface area contributed by atoms with Crippen LogP contribution in [-0.2, 0) is 0 Å². The number of nitrogens with zero attached hydrogens (tertiary/aromatic N) is 2. The summed E-state index contributed by atoms with van der Waals surface area (Å²) in [6.07, 6.45) is 3.43. The highest BCUT2D eigenvalue weighted by Crippen LogP contribution is 2.24. The Kier molecular flexibility index (Phi) is 2.94. The Morgan fingerprint density at radius 2 is 1.94 bits per heavy atom. The minimum Gasteiger partial charge on any atom is -0.378 e. The first-order valence-electron chi connectivity index (χ1n) is 5.83. The van der Waals surface area contributed by atoms with Crippen molar-refractivity contribution in [2.24, 2.45) is 0 Å². The summed E-state index contributed by atoms with van der Waals surface area (Å²) < 4.78 is 0. The molecule has 1 N–H and O–H groups in total. The van der Waals surface area contributed by atoms with Crippen molar-refractivity contribution >= 4 is 28.1 Å². The minimum atomic E-state index is 0.305. The molecule has 1 atom stereocenters. The number of hydrogen-bond acceptors (Lipinski definition) is 4. The lowest BCUT2D eigenvalue weighted by Crippen LogP contribution is -2.04.